The molecule has 2 aliphatic rings. The quantitative estimate of drug-likeness (QED) is 0.433. The zero-order chi connectivity index (χ0) is 31.2. The largest absolute Gasteiger partial charge is 0.504 e. The van der Waals surface area contributed by atoms with Crippen LogP contribution in [0.2, 0.25) is 0 Å². The van der Waals surface area contributed by atoms with E-state index in [2.05, 4.69) is 16.7 Å². The zero-order valence-electron chi connectivity index (χ0n) is 25.1. The molecule has 11 heteroatoms. The molecule has 11 nitrogen and oxygen atoms in total. The van der Waals surface area contributed by atoms with Crippen molar-refractivity contribution >= 4 is 17.9 Å². The predicted molar refractivity (Wildman–Crippen MR) is 158 cm³/mol. The molecule has 0 saturated carbocycles. The number of carbonyl (C=O) groups excluding carboxylic acids is 3. The number of alkyl carbamates (subject to hydrolysis) is 1. The first-order valence-electron chi connectivity index (χ1n) is 14.5. The molecule has 0 bridgehead atoms. The van der Waals surface area contributed by atoms with Crippen LogP contribution >= 0.6 is 0 Å². The highest BCUT2D eigenvalue weighted by atomic mass is 16.6. The van der Waals surface area contributed by atoms with Crippen molar-refractivity contribution in [3.63, 3.8) is 0 Å². The maximum atomic E-state index is 13.4. The monoisotopic (exact) mass is 592 g/mol. The molecule has 0 aliphatic carbocycles. The average Bonchev–Trinajstić information content (AvgIpc) is 2.96. The highest BCUT2D eigenvalue weighted by Crippen LogP contribution is 2.36. The van der Waals surface area contributed by atoms with Crippen molar-refractivity contribution in [3.05, 3.63) is 59.2 Å². The van der Waals surface area contributed by atoms with E-state index in [1.54, 1.807) is 56.0 Å². The number of benzene rings is 2. The Kier molecular flexibility index (Phi) is 9.81. The first-order chi connectivity index (χ1) is 20.4. The van der Waals surface area contributed by atoms with Crippen molar-refractivity contribution in [2.75, 3.05) is 26.8 Å². The lowest BCUT2D eigenvalue weighted by Crippen LogP contribution is -2.54. The highest BCUT2D eigenvalue weighted by Gasteiger charge is 2.42. The summed E-state index contributed by atoms with van der Waals surface area (Å²) in [6, 6.07) is 12.6. The number of amides is 3. The Hall–Kier alpha value is -4.30. The maximum absolute atomic E-state index is 13.4. The van der Waals surface area contributed by atoms with Gasteiger partial charge in [0, 0.05) is 31.3 Å². The number of nitrogens with one attached hydrogen (secondary N) is 2. The topological polar surface area (TPSA) is 150 Å². The van der Waals surface area contributed by atoms with Gasteiger partial charge in [0.25, 0.3) is 5.91 Å². The first-order valence-corrected chi connectivity index (χ1v) is 14.5. The van der Waals surface area contributed by atoms with Crippen LogP contribution in [-0.4, -0.2) is 72.0 Å². The minimum atomic E-state index is -0.696. The minimum Gasteiger partial charge on any atom is -0.504 e. The number of ether oxygens (including phenoxy) is 3. The summed E-state index contributed by atoms with van der Waals surface area (Å²) in [4.78, 5) is 40.7. The second-order valence-electron chi connectivity index (χ2n) is 12.1. The molecule has 2 atom stereocenters. The molecule has 0 radical (unpaired) electrons. The summed E-state index contributed by atoms with van der Waals surface area (Å²) in [5.41, 5.74) is 0.441. The molecule has 1 spiro atoms. The van der Waals surface area contributed by atoms with Gasteiger partial charge in [-0.2, -0.15) is 5.26 Å². The molecule has 2 aliphatic heterocycles. The summed E-state index contributed by atoms with van der Waals surface area (Å²) in [6.07, 6.45) is 1.96. The van der Waals surface area contributed by atoms with E-state index in [4.69, 9.17) is 19.5 Å². The van der Waals surface area contributed by atoms with Crippen molar-refractivity contribution in [1.82, 2.24) is 15.5 Å². The standard InChI is InChI=1S/C32H40N4O7/c1-31(2,3)43-30(40)35-25(22-7-5-21(20-33)6-8-22)18-28(38)36-14-12-32(13-15-36)19-24(11-16-42-32)34-29(39)23-9-10-26(37)27(17-23)41-4/h5-10,17,24-25,37H,11-16,18-19H2,1-4H3,(H,34,39)(H,35,40)/t24?,25-/m0/s1. The lowest BCUT2D eigenvalue weighted by Gasteiger charge is -2.46. The normalized spacial score (nSPS) is 18.7. The Balaban J connectivity index is 1.36. The summed E-state index contributed by atoms with van der Waals surface area (Å²) in [5, 5.41) is 24.9. The van der Waals surface area contributed by atoms with Gasteiger partial charge in [-0.1, -0.05) is 12.1 Å². The van der Waals surface area contributed by atoms with Crippen LogP contribution in [0.25, 0.3) is 0 Å². The Morgan fingerprint density at radius 3 is 2.49 bits per heavy atom. The molecule has 43 heavy (non-hydrogen) atoms. The maximum Gasteiger partial charge on any atom is 0.408 e. The molecule has 0 aromatic heterocycles. The van der Waals surface area contributed by atoms with Crippen LogP contribution in [-0.2, 0) is 14.3 Å². The molecular weight excluding hydrogens is 552 g/mol. The number of piperidine rings is 1. The number of likely N-dealkylation sites (tertiary alicyclic amines) is 1. The molecule has 2 saturated heterocycles. The fourth-order valence-electron chi connectivity index (χ4n) is 5.55. The Morgan fingerprint density at radius 2 is 1.86 bits per heavy atom. The Labute approximate surface area is 252 Å². The molecular formula is C32H40N4O7. The van der Waals surface area contributed by atoms with E-state index < -0.39 is 23.3 Å². The Bertz CT molecular complexity index is 1360. The van der Waals surface area contributed by atoms with Gasteiger partial charge >= 0.3 is 6.09 Å². The van der Waals surface area contributed by atoms with Crippen molar-refractivity contribution < 1.29 is 33.7 Å². The van der Waals surface area contributed by atoms with Crippen molar-refractivity contribution in [2.45, 2.75) is 76.2 Å². The number of nitrogens with zero attached hydrogens (tertiary/aromatic N) is 2. The molecule has 2 heterocycles. The van der Waals surface area contributed by atoms with Gasteiger partial charge in [0.15, 0.2) is 11.5 Å². The van der Waals surface area contributed by atoms with Gasteiger partial charge in [-0.05, 0) is 82.3 Å². The summed E-state index contributed by atoms with van der Waals surface area (Å²) in [7, 11) is 1.43. The third-order valence-electron chi connectivity index (χ3n) is 7.81. The first kappa shape index (κ1) is 31.6. The molecule has 2 fully saturated rings. The van der Waals surface area contributed by atoms with Crippen LogP contribution in [0.1, 0.15) is 80.4 Å². The van der Waals surface area contributed by atoms with Crippen LogP contribution in [0, 0.1) is 11.3 Å². The zero-order valence-corrected chi connectivity index (χ0v) is 25.1. The second kappa shape index (κ2) is 13.3. The van der Waals surface area contributed by atoms with E-state index in [0.717, 1.165) is 0 Å². The van der Waals surface area contributed by atoms with Gasteiger partial charge in [-0.15, -0.1) is 0 Å². The van der Waals surface area contributed by atoms with Gasteiger partial charge in [0.2, 0.25) is 5.91 Å². The van der Waals surface area contributed by atoms with Crippen LogP contribution in [0.4, 0.5) is 4.79 Å². The third-order valence-corrected chi connectivity index (χ3v) is 7.81. The average molecular weight is 593 g/mol. The van der Waals surface area contributed by atoms with E-state index in [1.807, 2.05) is 0 Å². The number of nitriles is 1. The number of aromatic hydroxyl groups is 1. The molecule has 2 aromatic rings. The summed E-state index contributed by atoms with van der Waals surface area (Å²) in [5.74, 6) is -0.161. The van der Waals surface area contributed by atoms with Crippen molar-refractivity contribution in [3.8, 4) is 17.6 Å². The number of phenols is 1. The summed E-state index contributed by atoms with van der Waals surface area (Å²) in [6.45, 7) is 6.78. The number of rotatable bonds is 7. The van der Waals surface area contributed by atoms with Gasteiger partial charge in [0.1, 0.15) is 5.60 Å². The number of carbonyl (C=O) groups is 3. The van der Waals surface area contributed by atoms with Crippen LogP contribution < -0.4 is 15.4 Å². The number of hydrogen-bond donors (Lipinski definition) is 3. The van der Waals surface area contributed by atoms with E-state index >= 15 is 0 Å². The van der Waals surface area contributed by atoms with E-state index in [-0.39, 0.29) is 35.8 Å². The predicted octanol–water partition coefficient (Wildman–Crippen LogP) is 4.20. The lowest BCUT2D eigenvalue weighted by molar-refractivity contribution is -0.144. The second-order valence-corrected chi connectivity index (χ2v) is 12.1. The number of hydrogen-bond acceptors (Lipinski definition) is 8. The smallest absolute Gasteiger partial charge is 0.408 e. The Morgan fingerprint density at radius 1 is 1.16 bits per heavy atom. The number of methoxy groups -OCH3 is 1. The van der Waals surface area contributed by atoms with Crippen LogP contribution in [0.3, 0.4) is 0 Å². The summed E-state index contributed by atoms with van der Waals surface area (Å²) < 4.78 is 16.8. The molecule has 230 valence electrons. The molecule has 3 N–H and O–H groups in total. The van der Waals surface area contributed by atoms with E-state index in [9.17, 15) is 19.5 Å². The van der Waals surface area contributed by atoms with E-state index in [1.165, 1.54) is 19.2 Å². The van der Waals surface area contributed by atoms with Gasteiger partial charge < -0.3 is 34.9 Å². The molecule has 1 unspecified atom stereocenters. The van der Waals surface area contributed by atoms with Gasteiger partial charge in [0.05, 0.1) is 36.8 Å². The lowest BCUT2D eigenvalue weighted by atomic mass is 9.82. The third kappa shape index (κ3) is 8.38. The summed E-state index contributed by atoms with van der Waals surface area (Å²) >= 11 is 0. The highest BCUT2D eigenvalue weighted by molar-refractivity contribution is 5.95. The van der Waals surface area contributed by atoms with E-state index in [0.29, 0.717) is 62.1 Å². The minimum absolute atomic E-state index is 0.0331. The fraction of sp³-hybridized carbons (Fsp3) is 0.500. The number of phenolic OH excluding ortho intramolecular Hbond substituents is 1. The van der Waals surface area contributed by atoms with Crippen molar-refractivity contribution in [2.24, 2.45) is 0 Å². The van der Waals surface area contributed by atoms with Crippen LogP contribution in [0.5, 0.6) is 11.5 Å². The SMILES string of the molecule is COc1cc(C(=O)NC2CCOC3(CCN(C(=O)C[C@H](NC(=O)OC(C)(C)C)c4ccc(C#N)cc4)CC3)C2)ccc1O. The van der Waals surface area contributed by atoms with Crippen molar-refractivity contribution in [1.29, 1.82) is 5.26 Å². The fourth-order valence-corrected chi connectivity index (χ4v) is 5.55. The van der Waals surface area contributed by atoms with Crippen LogP contribution in [0.15, 0.2) is 42.5 Å². The molecule has 4 rings (SSSR count). The van der Waals surface area contributed by atoms with Gasteiger partial charge in [-0.3, -0.25) is 9.59 Å². The van der Waals surface area contributed by atoms with Gasteiger partial charge in [-0.25, -0.2) is 4.79 Å². The molecule has 3 amide bonds. The molecule has 2 aromatic carbocycles.